The SMILES string of the molecule is N#CC(C#N)=C(N)C(F)(C#N)c1ccccc1. The second-order valence-corrected chi connectivity index (χ2v) is 3.15. The molecule has 0 aliphatic heterocycles. The molecule has 0 spiro atoms. The van der Waals surface area contributed by atoms with Gasteiger partial charge >= 0.3 is 0 Å². The largest absolute Gasteiger partial charge is 0.397 e. The Hall–Kier alpha value is -2.84. The van der Waals surface area contributed by atoms with Gasteiger partial charge in [0.15, 0.2) is 5.57 Å². The predicted molar refractivity (Wildman–Crippen MR) is 57.3 cm³/mol. The lowest BCUT2D eigenvalue weighted by Gasteiger charge is -2.18. The van der Waals surface area contributed by atoms with Gasteiger partial charge in [-0.2, -0.15) is 15.8 Å². The Morgan fingerprint density at radius 2 is 1.65 bits per heavy atom. The van der Waals surface area contributed by atoms with Crippen molar-refractivity contribution in [3.8, 4) is 18.2 Å². The lowest BCUT2D eigenvalue weighted by Crippen LogP contribution is -2.27. The Kier molecular flexibility index (Phi) is 3.44. The molecule has 1 atom stereocenters. The maximum Gasteiger partial charge on any atom is 0.262 e. The maximum atomic E-state index is 14.4. The van der Waals surface area contributed by atoms with Crippen LogP contribution in [0, 0.1) is 34.0 Å². The molecule has 0 heterocycles. The van der Waals surface area contributed by atoms with Crippen LogP contribution in [0.3, 0.4) is 0 Å². The molecule has 1 rings (SSSR count). The lowest BCUT2D eigenvalue weighted by atomic mass is 9.91. The first-order valence-corrected chi connectivity index (χ1v) is 4.56. The highest BCUT2D eigenvalue weighted by Gasteiger charge is 2.37. The molecule has 2 N–H and O–H groups in total. The fraction of sp³-hybridized carbons (Fsp3) is 0.0833. The smallest absolute Gasteiger partial charge is 0.262 e. The highest BCUT2D eigenvalue weighted by atomic mass is 19.1. The van der Waals surface area contributed by atoms with Gasteiger partial charge in [0.05, 0.1) is 5.70 Å². The summed E-state index contributed by atoms with van der Waals surface area (Å²) in [6.07, 6.45) is 0. The van der Waals surface area contributed by atoms with E-state index in [2.05, 4.69) is 0 Å². The number of alkyl halides is 1. The summed E-state index contributed by atoms with van der Waals surface area (Å²) in [5, 5.41) is 26.1. The quantitative estimate of drug-likeness (QED) is 0.775. The number of hydrogen-bond acceptors (Lipinski definition) is 4. The van der Waals surface area contributed by atoms with Gasteiger partial charge in [-0.15, -0.1) is 0 Å². The molecule has 82 valence electrons. The molecule has 0 fully saturated rings. The first-order chi connectivity index (χ1) is 8.10. The van der Waals surface area contributed by atoms with Crippen molar-refractivity contribution < 1.29 is 4.39 Å². The van der Waals surface area contributed by atoms with E-state index in [0.29, 0.717) is 0 Å². The number of benzene rings is 1. The normalized spacial score (nSPS) is 12.4. The molecular weight excluding hydrogens is 219 g/mol. The molecule has 0 aromatic heterocycles. The first kappa shape index (κ1) is 12.2. The summed E-state index contributed by atoms with van der Waals surface area (Å²) in [5.41, 5.74) is 1.44. The molecule has 1 unspecified atom stereocenters. The molecule has 0 amide bonds. The number of nitriles is 3. The highest BCUT2D eigenvalue weighted by Crippen LogP contribution is 2.31. The third-order valence-electron chi connectivity index (χ3n) is 2.19. The van der Waals surface area contributed by atoms with Crippen molar-refractivity contribution in [1.82, 2.24) is 0 Å². The van der Waals surface area contributed by atoms with Crippen LogP contribution in [0.4, 0.5) is 4.39 Å². The standard InChI is InChI=1S/C12H7FN4/c13-12(8-16,10-4-2-1-3-5-10)11(17)9(6-14)7-15/h1-5H,17H2. The molecule has 0 bridgehead atoms. The van der Waals surface area contributed by atoms with Crippen LogP contribution in [0.25, 0.3) is 0 Å². The third-order valence-corrected chi connectivity index (χ3v) is 2.19. The molecule has 0 saturated carbocycles. The molecule has 5 heteroatoms. The van der Waals surface area contributed by atoms with Gasteiger partial charge in [-0.3, -0.25) is 0 Å². The highest BCUT2D eigenvalue weighted by molar-refractivity contribution is 5.49. The Morgan fingerprint density at radius 3 is 2.06 bits per heavy atom. The van der Waals surface area contributed by atoms with E-state index in [1.807, 2.05) is 0 Å². The molecule has 4 nitrogen and oxygen atoms in total. The van der Waals surface area contributed by atoms with Crippen molar-refractivity contribution in [2.75, 3.05) is 0 Å². The van der Waals surface area contributed by atoms with Gasteiger partial charge in [0.1, 0.15) is 18.2 Å². The van der Waals surface area contributed by atoms with E-state index in [1.54, 1.807) is 6.07 Å². The van der Waals surface area contributed by atoms with E-state index < -0.39 is 16.9 Å². The van der Waals surface area contributed by atoms with Gasteiger partial charge in [-0.05, 0) is 0 Å². The molecule has 0 radical (unpaired) electrons. The first-order valence-electron chi connectivity index (χ1n) is 4.56. The van der Waals surface area contributed by atoms with E-state index in [0.717, 1.165) is 0 Å². The van der Waals surface area contributed by atoms with Crippen LogP contribution in [0.1, 0.15) is 5.56 Å². The minimum atomic E-state index is -2.66. The second kappa shape index (κ2) is 4.79. The summed E-state index contributed by atoms with van der Waals surface area (Å²) in [6, 6.07) is 11.8. The summed E-state index contributed by atoms with van der Waals surface area (Å²) >= 11 is 0. The Labute approximate surface area is 97.6 Å². The van der Waals surface area contributed by atoms with Crippen LogP contribution in [-0.2, 0) is 5.67 Å². The lowest BCUT2D eigenvalue weighted by molar-refractivity contribution is 0.293. The fourth-order valence-electron chi connectivity index (χ4n) is 1.27. The van der Waals surface area contributed by atoms with Crippen LogP contribution in [0.5, 0.6) is 0 Å². The monoisotopic (exact) mass is 226 g/mol. The second-order valence-electron chi connectivity index (χ2n) is 3.15. The number of halogens is 1. The Morgan fingerprint density at radius 1 is 1.12 bits per heavy atom. The van der Waals surface area contributed by atoms with E-state index in [4.69, 9.17) is 21.5 Å². The van der Waals surface area contributed by atoms with Crippen molar-refractivity contribution in [3.63, 3.8) is 0 Å². The summed E-state index contributed by atoms with van der Waals surface area (Å²) < 4.78 is 14.4. The van der Waals surface area contributed by atoms with Crippen molar-refractivity contribution in [3.05, 3.63) is 47.2 Å². The third kappa shape index (κ3) is 2.07. The van der Waals surface area contributed by atoms with Crippen molar-refractivity contribution in [1.29, 1.82) is 15.8 Å². The average molecular weight is 226 g/mol. The zero-order valence-electron chi connectivity index (χ0n) is 8.68. The predicted octanol–water partition coefficient (Wildman–Crippen LogP) is 1.63. The molecule has 1 aromatic rings. The zero-order valence-corrected chi connectivity index (χ0v) is 8.68. The van der Waals surface area contributed by atoms with Crippen LogP contribution in [-0.4, -0.2) is 0 Å². The maximum absolute atomic E-state index is 14.4. The Bertz CT molecular complexity index is 555. The van der Waals surface area contributed by atoms with Crippen molar-refractivity contribution >= 4 is 0 Å². The van der Waals surface area contributed by atoms with Gasteiger partial charge in [0.2, 0.25) is 0 Å². The summed E-state index contributed by atoms with van der Waals surface area (Å²) in [6.45, 7) is 0. The zero-order chi connectivity index (χ0) is 12.9. The van der Waals surface area contributed by atoms with Crippen molar-refractivity contribution in [2.24, 2.45) is 5.73 Å². The van der Waals surface area contributed by atoms with E-state index in [-0.39, 0.29) is 5.56 Å². The van der Waals surface area contributed by atoms with Crippen LogP contribution < -0.4 is 5.73 Å². The molecule has 17 heavy (non-hydrogen) atoms. The van der Waals surface area contributed by atoms with Gasteiger partial charge in [0, 0.05) is 5.56 Å². The van der Waals surface area contributed by atoms with Gasteiger partial charge in [-0.1, -0.05) is 30.3 Å². The number of nitrogens with two attached hydrogens (primary N) is 1. The van der Waals surface area contributed by atoms with E-state index >= 15 is 0 Å². The summed E-state index contributed by atoms with van der Waals surface area (Å²) in [7, 11) is 0. The minimum absolute atomic E-state index is 0.0111. The molecule has 0 saturated heterocycles. The number of rotatable bonds is 2. The summed E-state index contributed by atoms with van der Waals surface area (Å²) in [5.74, 6) is 0. The van der Waals surface area contributed by atoms with E-state index in [9.17, 15) is 4.39 Å². The number of nitrogens with zero attached hydrogens (tertiary/aromatic N) is 3. The minimum Gasteiger partial charge on any atom is -0.397 e. The topological polar surface area (TPSA) is 97.4 Å². The van der Waals surface area contributed by atoms with E-state index in [1.165, 1.54) is 42.5 Å². The van der Waals surface area contributed by atoms with Crippen LogP contribution >= 0.6 is 0 Å². The molecule has 0 aliphatic carbocycles. The molecule has 1 aromatic carbocycles. The van der Waals surface area contributed by atoms with Crippen LogP contribution in [0.2, 0.25) is 0 Å². The number of allylic oxidation sites excluding steroid dienone is 2. The molecule has 0 aliphatic rings. The van der Waals surface area contributed by atoms with Gasteiger partial charge in [-0.25, -0.2) is 4.39 Å². The van der Waals surface area contributed by atoms with Crippen LogP contribution in [0.15, 0.2) is 41.6 Å². The molecular formula is C12H7FN4. The number of hydrogen-bond donors (Lipinski definition) is 1. The van der Waals surface area contributed by atoms with Crippen molar-refractivity contribution in [2.45, 2.75) is 5.67 Å². The fourth-order valence-corrected chi connectivity index (χ4v) is 1.27. The van der Waals surface area contributed by atoms with Gasteiger partial charge < -0.3 is 5.73 Å². The average Bonchev–Trinajstić information content (AvgIpc) is 2.40. The Balaban J connectivity index is 3.46. The van der Waals surface area contributed by atoms with Gasteiger partial charge in [0.25, 0.3) is 5.67 Å². The summed E-state index contributed by atoms with van der Waals surface area (Å²) in [4.78, 5) is 0.